The van der Waals surface area contributed by atoms with E-state index in [1.807, 2.05) is 6.92 Å². The molecule has 0 saturated carbocycles. The van der Waals surface area contributed by atoms with Crippen molar-refractivity contribution < 1.29 is 13.9 Å². The molecule has 0 fully saturated rings. The zero-order valence-electron chi connectivity index (χ0n) is 13.4. The fourth-order valence-corrected chi connectivity index (χ4v) is 2.44. The molecule has 0 aliphatic rings. The topological polar surface area (TPSA) is 50.4 Å². The largest absolute Gasteiger partial charge is 0.495 e. The lowest BCUT2D eigenvalue weighted by Crippen LogP contribution is -2.32. The van der Waals surface area contributed by atoms with Gasteiger partial charge >= 0.3 is 0 Å². The minimum absolute atomic E-state index is 0.135. The van der Waals surface area contributed by atoms with Crippen LogP contribution in [0.1, 0.15) is 12.5 Å². The van der Waals surface area contributed by atoms with Gasteiger partial charge in [0.25, 0.3) is 0 Å². The van der Waals surface area contributed by atoms with Gasteiger partial charge in [0.1, 0.15) is 17.6 Å². The molecular weight excluding hydrogens is 354 g/mol. The second-order valence-corrected chi connectivity index (χ2v) is 6.10. The van der Waals surface area contributed by atoms with Gasteiger partial charge in [0.05, 0.1) is 23.5 Å². The number of hydrogen-bond acceptors (Lipinski definition) is 3. The van der Waals surface area contributed by atoms with Crippen LogP contribution in [0.15, 0.2) is 30.3 Å². The summed E-state index contributed by atoms with van der Waals surface area (Å²) in [6.45, 7) is 3.55. The van der Waals surface area contributed by atoms with Gasteiger partial charge in [0, 0.05) is 11.1 Å². The maximum absolute atomic E-state index is 13.1. The van der Waals surface area contributed by atoms with Crippen molar-refractivity contribution in [3.05, 3.63) is 51.8 Å². The summed E-state index contributed by atoms with van der Waals surface area (Å²) in [6.07, 6.45) is 0. The Labute approximate surface area is 149 Å². The first-order valence-electron chi connectivity index (χ1n) is 7.18. The Hall–Kier alpha value is -1.98. The lowest BCUT2D eigenvalue weighted by molar-refractivity contribution is -0.116. The number of halogens is 3. The molecule has 2 rings (SSSR count). The van der Waals surface area contributed by atoms with Crippen LogP contribution in [0, 0.1) is 12.7 Å². The van der Waals surface area contributed by atoms with E-state index in [4.69, 9.17) is 27.9 Å². The Morgan fingerprint density at radius 2 is 1.88 bits per heavy atom. The highest BCUT2D eigenvalue weighted by Gasteiger charge is 2.17. The molecule has 1 amide bonds. The molecule has 0 heterocycles. The first kappa shape index (κ1) is 18.4. The molecule has 24 heavy (non-hydrogen) atoms. The van der Waals surface area contributed by atoms with Gasteiger partial charge in [-0.1, -0.05) is 23.2 Å². The molecule has 1 unspecified atom stereocenters. The summed E-state index contributed by atoms with van der Waals surface area (Å²) in [5.41, 5.74) is 1.84. The Morgan fingerprint density at radius 1 is 1.17 bits per heavy atom. The zero-order chi connectivity index (χ0) is 17.9. The van der Waals surface area contributed by atoms with Crippen molar-refractivity contribution in [1.82, 2.24) is 0 Å². The molecule has 7 heteroatoms. The highest BCUT2D eigenvalue weighted by Crippen LogP contribution is 2.31. The number of nitrogens with one attached hydrogen (secondary N) is 2. The third-order valence-corrected chi connectivity index (χ3v) is 4.15. The van der Waals surface area contributed by atoms with Crippen LogP contribution < -0.4 is 15.4 Å². The van der Waals surface area contributed by atoms with Crippen LogP contribution in [0.4, 0.5) is 15.8 Å². The second kappa shape index (κ2) is 7.73. The van der Waals surface area contributed by atoms with Crippen molar-refractivity contribution in [1.29, 1.82) is 0 Å². The number of methoxy groups -OCH3 is 1. The van der Waals surface area contributed by atoms with E-state index < -0.39 is 11.9 Å². The minimum atomic E-state index is -0.583. The number of anilines is 2. The average Bonchev–Trinajstić information content (AvgIpc) is 2.53. The lowest BCUT2D eigenvalue weighted by atomic mass is 10.2. The molecule has 0 spiro atoms. The predicted molar refractivity (Wildman–Crippen MR) is 95.9 cm³/mol. The van der Waals surface area contributed by atoms with Gasteiger partial charge in [-0.05, 0) is 43.7 Å². The molecule has 128 valence electrons. The van der Waals surface area contributed by atoms with Crippen molar-refractivity contribution in [3.8, 4) is 5.75 Å². The molecule has 2 aromatic rings. The van der Waals surface area contributed by atoms with E-state index in [9.17, 15) is 9.18 Å². The second-order valence-electron chi connectivity index (χ2n) is 5.28. The molecule has 0 bridgehead atoms. The summed E-state index contributed by atoms with van der Waals surface area (Å²) in [4.78, 5) is 12.3. The van der Waals surface area contributed by atoms with E-state index in [0.717, 1.165) is 11.6 Å². The van der Waals surface area contributed by atoms with Crippen LogP contribution in [0.25, 0.3) is 0 Å². The molecular formula is C17H17Cl2FN2O2. The fourth-order valence-electron chi connectivity index (χ4n) is 2.08. The minimum Gasteiger partial charge on any atom is -0.495 e. The van der Waals surface area contributed by atoms with Gasteiger partial charge in [-0.3, -0.25) is 4.79 Å². The molecule has 4 nitrogen and oxygen atoms in total. The third-order valence-electron chi connectivity index (χ3n) is 3.44. The fraction of sp³-hybridized carbons (Fsp3) is 0.235. The Bertz CT molecular complexity index is 768. The van der Waals surface area contributed by atoms with Crippen molar-refractivity contribution in [2.45, 2.75) is 19.9 Å². The molecule has 0 aromatic heterocycles. The van der Waals surface area contributed by atoms with Crippen LogP contribution in [-0.4, -0.2) is 19.1 Å². The first-order chi connectivity index (χ1) is 11.3. The quantitative estimate of drug-likeness (QED) is 0.787. The van der Waals surface area contributed by atoms with Crippen LogP contribution >= 0.6 is 23.2 Å². The summed E-state index contributed by atoms with van der Waals surface area (Å²) in [7, 11) is 1.52. The van der Waals surface area contributed by atoms with Crippen LogP contribution in [-0.2, 0) is 4.79 Å². The molecule has 1 atom stereocenters. The monoisotopic (exact) mass is 370 g/mol. The molecule has 0 saturated heterocycles. The summed E-state index contributed by atoms with van der Waals surface area (Å²) < 4.78 is 18.3. The van der Waals surface area contributed by atoms with E-state index in [1.54, 1.807) is 19.1 Å². The van der Waals surface area contributed by atoms with Gasteiger partial charge in [-0.15, -0.1) is 0 Å². The lowest BCUT2D eigenvalue weighted by Gasteiger charge is -2.18. The van der Waals surface area contributed by atoms with Crippen molar-refractivity contribution in [2.75, 3.05) is 17.7 Å². The SMILES string of the molecule is COc1cc(Cl)c(C)cc1NC(C)C(=O)Nc1ccc(F)cc1Cl. The number of aryl methyl sites for hydroxylation is 1. The molecule has 0 aliphatic heterocycles. The standard InChI is InChI=1S/C17H17Cl2FN2O2/c1-9-6-15(16(24-3)8-12(9)18)21-10(2)17(23)22-14-5-4-11(20)7-13(14)19/h4-8,10,21H,1-3H3,(H,22,23). The number of hydrogen-bond donors (Lipinski definition) is 2. The molecule has 2 aromatic carbocycles. The van der Waals surface area contributed by atoms with E-state index in [0.29, 0.717) is 22.1 Å². The highest BCUT2D eigenvalue weighted by atomic mass is 35.5. The predicted octanol–water partition coefficient (Wildman–Crippen LogP) is 4.89. The zero-order valence-corrected chi connectivity index (χ0v) is 14.9. The summed E-state index contributed by atoms with van der Waals surface area (Å²) in [5.74, 6) is -0.256. The average molecular weight is 371 g/mol. The Morgan fingerprint density at radius 3 is 2.50 bits per heavy atom. The number of ether oxygens (including phenoxy) is 1. The molecule has 0 radical (unpaired) electrons. The Balaban J connectivity index is 2.13. The van der Waals surface area contributed by atoms with E-state index in [1.165, 1.54) is 19.2 Å². The summed E-state index contributed by atoms with van der Waals surface area (Å²) in [6, 6.07) is 6.68. The molecule has 2 N–H and O–H groups in total. The number of rotatable bonds is 5. The maximum Gasteiger partial charge on any atom is 0.246 e. The Kier molecular flexibility index (Phi) is 5.91. The van der Waals surface area contributed by atoms with Crippen LogP contribution in [0.2, 0.25) is 10.0 Å². The third kappa shape index (κ3) is 4.30. The van der Waals surface area contributed by atoms with Crippen LogP contribution in [0.3, 0.4) is 0 Å². The van der Waals surface area contributed by atoms with Crippen molar-refractivity contribution >= 4 is 40.5 Å². The maximum atomic E-state index is 13.1. The van der Waals surface area contributed by atoms with Gasteiger partial charge < -0.3 is 15.4 Å². The number of amides is 1. The van der Waals surface area contributed by atoms with Gasteiger partial charge in [0.2, 0.25) is 5.91 Å². The number of carbonyl (C=O) groups is 1. The van der Waals surface area contributed by atoms with Crippen molar-refractivity contribution in [2.24, 2.45) is 0 Å². The first-order valence-corrected chi connectivity index (χ1v) is 7.94. The van der Waals surface area contributed by atoms with Crippen molar-refractivity contribution in [3.63, 3.8) is 0 Å². The van der Waals surface area contributed by atoms with E-state index in [-0.39, 0.29) is 10.9 Å². The van der Waals surface area contributed by atoms with E-state index in [2.05, 4.69) is 10.6 Å². The highest BCUT2D eigenvalue weighted by molar-refractivity contribution is 6.33. The number of benzene rings is 2. The summed E-state index contributed by atoms with van der Waals surface area (Å²) >= 11 is 12.0. The normalized spacial score (nSPS) is 11.8. The van der Waals surface area contributed by atoms with Gasteiger partial charge in [0.15, 0.2) is 0 Å². The molecule has 0 aliphatic carbocycles. The summed E-state index contributed by atoms with van der Waals surface area (Å²) in [5, 5.41) is 6.43. The smallest absolute Gasteiger partial charge is 0.246 e. The van der Waals surface area contributed by atoms with E-state index >= 15 is 0 Å². The van der Waals surface area contributed by atoms with Crippen LogP contribution in [0.5, 0.6) is 5.75 Å². The van der Waals surface area contributed by atoms with Gasteiger partial charge in [-0.25, -0.2) is 4.39 Å². The number of carbonyl (C=O) groups excluding carboxylic acids is 1. The van der Waals surface area contributed by atoms with Gasteiger partial charge in [-0.2, -0.15) is 0 Å².